The summed E-state index contributed by atoms with van der Waals surface area (Å²) in [7, 11) is 0. The third-order valence-corrected chi connectivity index (χ3v) is 4.75. The van der Waals surface area contributed by atoms with E-state index in [-0.39, 0.29) is 0 Å². The van der Waals surface area contributed by atoms with Gasteiger partial charge >= 0.3 is 0 Å². The lowest BCUT2D eigenvalue weighted by molar-refractivity contribution is -0.119. The summed E-state index contributed by atoms with van der Waals surface area (Å²) in [6, 6.07) is 0. The van der Waals surface area contributed by atoms with Gasteiger partial charge in [-0.05, 0) is 24.7 Å². The van der Waals surface area contributed by atoms with E-state index < -0.39 is 0 Å². The molecule has 0 saturated carbocycles. The first-order valence-corrected chi connectivity index (χ1v) is 9.19. The van der Waals surface area contributed by atoms with Gasteiger partial charge < -0.3 is 0 Å². The zero-order chi connectivity index (χ0) is 15.2. The van der Waals surface area contributed by atoms with Crippen LogP contribution >= 0.6 is 0 Å². The molecule has 1 nitrogen and oxygen atoms in total. The molecule has 120 valence electrons. The van der Waals surface area contributed by atoms with Crippen LogP contribution in [0.5, 0.6) is 0 Å². The fraction of sp³-hybridized carbons (Fsp3) is 0.947. The molecule has 0 rings (SSSR count). The second-order valence-corrected chi connectivity index (χ2v) is 6.45. The molecule has 0 spiro atoms. The van der Waals surface area contributed by atoms with E-state index in [0.717, 1.165) is 37.5 Å². The zero-order valence-corrected chi connectivity index (χ0v) is 14.5. The Bertz CT molecular complexity index is 200. The van der Waals surface area contributed by atoms with Crippen molar-refractivity contribution in [3.8, 4) is 0 Å². The first kappa shape index (κ1) is 19.7. The third kappa shape index (κ3) is 10.5. The normalized spacial score (nSPS) is 14.2. The predicted octanol–water partition coefficient (Wildman–Crippen LogP) is 6.55. The van der Waals surface area contributed by atoms with Crippen LogP contribution in [0.1, 0.15) is 105 Å². The lowest BCUT2D eigenvalue weighted by Crippen LogP contribution is -2.07. The molecule has 0 saturated heterocycles. The maximum Gasteiger partial charge on any atom is 0.132 e. The van der Waals surface area contributed by atoms with Crippen molar-refractivity contribution in [2.75, 3.05) is 0 Å². The average Bonchev–Trinajstić information content (AvgIpc) is 2.47. The molecule has 1 heteroatoms. The van der Waals surface area contributed by atoms with Crippen LogP contribution in [0, 0.1) is 11.8 Å². The fourth-order valence-electron chi connectivity index (χ4n) is 2.95. The molecule has 0 aromatic rings. The Hall–Kier alpha value is -0.330. The van der Waals surface area contributed by atoms with Gasteiger partial charge in [0.25, 0.3) is 0 Å². The van der Waals surface area contributed by atoms with Crippen LogP contribution in [-0.4, -0.2) is 5.78 Å². The monoisotopic (exact) mass is 282 g/mol. The molecule has 0 fully saturated rings. The van der Waals surface area contributed by atoms with Gasteiger partial charge in [0.15, 0.2) is 0 Å². The first-order valence-electron chi connectivity index (χ1n) is 9.19. The van der Waals surface area contributed by atoms with E-state index in [1.165, 1.54) is 51.4 Å². The Kier molecular flexibility index (Phi) is 13.4. The fourth-order valence-corrected chi connectivity index (χ4v) is 2.95. The maximum atomic E-state index is 12.0. The van der Waals surface area contributed by atoms with Gasteiger partial charge in [-0.2, -0.15) is 0 Å². The number of hydrogen-bond acceptors (Lipinski definition) is 1. The molecule has 2 atom stereocenters. The summed E-state index contributed by atoms with van der Waals surface area (Å²) in [4.78, 5) is 12.0. The molecular weight excluding hydrogens is 244 g/mol. The van der Waals surface area contributed by atoms with Gasteiger partial charge in [-0.25, -0.2) is 0 Å². The molecule has 0 aliphatic carbocycles. The van der Waals surface area contributed by atoms with Crippen molar-refractivity contribution in [1.82, 2.24) is 0 Å². The molecular formula is C19H38O. The molecule has 0 N–H and O–H groups in total. The van der Waals surface area contributed by atoms with Crippen molar-refractivity contribution < 1.29 is 4.79 Å². The minimum absolute atomic E-state index is 0.509. The number of unbranched alkanes of at least 4 members (excludes halogenated alkanes) is 2. The second-order valence-electron chi connectivity index (χ2n) is 6.45. The van der Waals surface area contributed by atoms with Gasteiger partial charge in [-0.15, -0.1) is 0 Å². The summed E-state index contributed by atoms with van der Waals surface area (Å²) in [5, 5.41) is 0. The van der Waals surface area contributed by atoms with Crippen LogP contribution < -0.4 is 0 Å². The van der Waals surface area contributed by atoms with Crippen molar-refractivity contribution in [2.24, 2.45) is 11.8 Å². The van der Waals surface area contributed by atoms with Crippen molar-refractivity contribution >= 4 is 5.78 Å². The standard InChI is InChI=1S/C19H38O/c1-5-9-11-17(7-3)13-15-19(20)16-14-18(8-4)12-10-6-2/h17-18H,5-16H2,1-4H3/t17-,18-/m1/s1. The second kappa shape index (κ2) is 13.6. The molecule has 0 aromatic carbocycles. The van der Waals surface area contributed by atoms with Gasteiger partial charge in [-0.1, -0.05) is 79.1 Å². The maximum absolute atomic E-state index is 12.0. The van der Waals surface area contributed by atoms with Crippen molar-refractivity contribution in [3.05, 3.63) is 0 Å². The van der Waals surface area contributed by atoms with Crippen molar-refractivity contribution in [1.29, 1.82) is 0 Å². The number of rotatable bonds is 14. The van der Waals surface area contributed by atoms with E-state index in [2.05, 4.69) is 27.7 Å². The minimum atomic E-state index is 0.509. The summed E-state index contributed by atoms with van der Waals surface area (Å²) in [5.74, 6) is 2.07. The van der Waals surface area contributed by atoms with Crippen LogP contribution in [0.3, 0.4) is 0 Å². The number of carbonyl (C=O) groups excluding carboxylic acids is 1. The van der Waals surface area contributed by atoms with Gasteiger partial charge in [-0.3, -0.25) is 4.79 Å². The van der Waals surface area contributed by atoms with E-state index in [9.17, 15) is 4.79 Å². The Morgan fingerprint density at radius 2 is 1.10 bits per heavy atom. The van der Waals surface area contributed by atoms with E-state index >= 15 is 0 Å². The largest absolute Gasteiger partial charge is 0.300 e. The molecule has 0 aliphatic rings. The molecule has 0 unspecified atom stereocenters. The van der Waals surface area contributed by atoms with Crippen LogP contribution in [-0.2, 0) is 4.79 Å². The molecule has 0 radical (unpaired) electrons. The van der Waals surface area contributed by atoms with Gasteiger partial charge in [0.05, 0.1) is 0 Å². The van der Waals surface area contributed by atoms with E-state index in [0.29, 0.717) is 5.78 Å². The lowest BCUT2D eigenvalue weighted by atomic mass is 9.90. The van der Waals surface area contributed by atoms with Crippen LogP contribution in [0.25, 0.3) is 0 Å². The Labute approximate surface area is 127 Å². The predicted molar refractivity (Wildman–Crippen MR) is 90.1 cm³/mol. The number of Topliss-reactive ketones (excluding diaryl/α,β-unsaturated/α-hetero) is 1. The molecule has 0 heterocycles. The molecule has 0 aliphatic heterocycles. The lowest BCUT2D eigenvalue weighted by Gasteiger charge is -2.15. The highest BCUT2D eigenvalue weighted by Crippen LogP contribution is 2.22. The smallest absolute Gasteiger partial charge is 0.132 e. The number of carbonyl (C=O) groups is 1. The van der Waals surface area contributed by atoms with E-state index in [4.69, 9.17) is 0 Å². The van der Waals surface area contributed by atoms with Crippen LogP contribution in [0.4, 0.5) is 0 Å². The van der Waals surface area contributed by atoms with Gasteiger partial charge in [0.1, 0.15) is 5.78 Å². The average molecular weight is 283 g/mol. The summed E-state index contributed by atoms with van der Waals surface area (Å²) in [6.07, 6.45) is 14.2. The van der Waals surface area contributed by atoms with Crippen LogP contribution in [0.2, 0.25) is 0 Å². The Morgan fingerprint density at radius 1 is 0.700 bits per heavy atom. The highest BCUT2D eigenvalue weighted by atomic mass is 16.1. The summed E-state index contributed by atoms with van der Waals surface area (Å²) in [5.41, 5.74) is 0. The van der Waals surface area contributed by atoms with Crippen molar-refractivity contribution in [3.63, 3.8) is 0 Å². The van der Waals surface area contributed by atoms with Crippen LogP contribution in [0.15, 0.2) is 0 Å². The molecule has 0 amide bonds. The highest BCUT2D eigenvalue weighted by molar-refractivity contribution is 5.78. The molecule has 20 heavy (non-hydrogen) atoms. The van der Waals surface area contributed by atoms with Crippen molar-refractivity contribution in [2.45, 2.75) is 105 Å². The highest BCUT2D eigenvalue weighted by Gasteiger charge is 2.12. The number of hydrogen-bond donors (Lipinski definition) is 0. The quantitative estimate of drug-likeness (QED) is 0.353. The summed E-state index contributed by atoms with van der Waals surface area (Å²) >= 11 is 0. The summed E-state index contributed by atoms with van der Waals surface area (Å²) in [6.45, 7) is 9.03. The Balaban J connectivity index is 3.80. The topological polar surface area (TPSA) is 17.1 Å². The van der Waals surface area contributed by atoms with E-state index in [1.54, 1.807) is 0 Å². The molecule has 0 bridgehead atoms. The van der Waals surface area contributed by atoms with Gasteiger partial charge in [0, 0.05) is 12.8 Å². The minimum Gasteiger partial charge on any atom is -0.300 e. The van der Waals surface area contributed by atoms with Gasteiger partial charge in [0.2, 0.25) is 0 Å². The van der Waals surface area contributed by atoms with E-state index in [1.807, 2.05) is 0 Å². The Morgan fingerprint density at radius 3 is 1.40 bits per heavy atom. The summed E-state index contributed by atoms with van der Waals surface area (Å²) < 4.78 is 0. The third-order valence-electron chi connectivity index (χ3n) is 4.75. The SMILES string of the molecule is CCCC[C@@H](CC)CCC(=O)CC[C@H](CC)CCCC. The zero-order valence-electron chi connectivity index (χ0n) is 14.5. The molecule has 0 aromatic heterocycles. The first-order chi connectivity index (χ1) is 9.67. The number of ketones is 1.